The summed E-state index contributed by atoms with van der Waals surface area (Å²) in [4.78, 5) is 22.3. The van der Waals surface area contributed by atoms with Gasteiger partial charge in [-0.15, -0.1) is 0 Å². The second kappa shape index (κ2) is 4.93. The molecule has 2 N–H and O–H groups in total. The van der Waals surface area contributed by atoms with Crippen molar-refractivity contribution < 1.29 is 27.9 Å². The molecule has 0 atom stereocenters. The van der Waals surface area contributed by atoms with E-state index in [2.05, 4.69) is 5.32 Å². The second-order valence-electron chi connectivity index (χ2n) is 4.26. The summed E-state index contributed by atoms with van der Waals surface area (Å²) in [5.41, 5.74) is -1.36. The summed E-state index contributed by atoms with van der Waals surface area (Å²) < 4.78 is 35.7. The molecule has 1 amide bonds. The number of aliphatic carboxylic acids is 1. The number of carbonyl (C=O) groups excluding carboxylic acids is 1. The van der Waals surface area contributed by atoms with Gasteiger partial charge in [0.25, 0.3) is 0 Å². The fraction of sp³-hybridized carbons (Fsp3) is 0.800. The van der Waals surface area contributed by atoms with Gasteiger partial charge in [-0.25, -0.2) is 4.79 Å². The largest absolute Gasteiger partial charge is 0.480 e. The van der Waals surface area contributed by atoms with Crippen LogP contribution in [-0.4, -0.2) is 28.7 Å². The van der Waals surface area contributed by atoms with Crippen molar-refractivity contribution in [2.24, 2.45) is 0 Å². The Bertz CT molecular complexity index is 308. The Hall–Kier alpha value is -1.27. The van der Waals surface area contributed by atoms with Gasteiger partial charge < -0.3 is 10.4 Å². The maximum atomic E-state index is 11.9. The van der Waals surface area contributed by atoms with E-state index in [1.165, 1.54) is 0 Å². The van der Waals surface area contributed by atoms with Crippen LogP contribution in [0.4, 0.5) is 13.2 Å². The lowest BCUT2D eigenvalue weighted by Crippen LogP contribution is -2.52. The van der Waals surface area contributed by atoms with Crippen molar-refractivity contribution in [1.82, 2.24) is 5.32 Å². The first-order chi connectivity index (χ1) is 7.75. The lowest BCUT2D eigenvalue weighted by Gasteiger charge is -2.25. The van der Waals surface area contributed by atoms with Crippen LogP contribution < -0.4 is 5.32 Å². The van der Waals surface area contributed by atoms with Crippen molar-refractivity contribution >= 4 is 11.9 Å². The maximum Gasteiger partial charge on any atom is 0.389 e. The second-order valence-corrected chi connectivity index (χ2v) is 4.26. The Kier molecular flexibility index (Phi) is 4.00. The first-order valence-electron chi connectivity index (χ1n) is 5.36. The highest BCUT2D eigenvalue weighted by Crippen LogP contribution is 2.30. The zero-order valence-electron chi connectivity index (χ0n) is 9.14. The highest BCUT2D eigenvalue weighted by Gasteiger charge is 2.42. The van der Waals surface area contributed by atoms with Crippen LogP contribution in [0.3, 0.4) is 0 Å². The predicted molar refractivity (Wildman–Crippen MR) is 52.3 cm³/mol. The van der Waals surface area contributed by atoms with E-state index in [0.717, 1.165) is 0 Å². The number of alkyl halides is 3. The molecule has 7 heteroatoms. The summed E-state index contributed by atoms with van der Waals surface area (Å²) in [7, 11) is 0. The Labute approximate surface area is 96.2 Å². The third-order valence-corrected chi connectivity index (χ3v) is 2.88. The van der Waals surface area contributed by atoms with Crippen LogP contribution in [0.2, 0.25) is 0 Å². The van der Waals surface area contributed by atoms with Crippen molar-refractivity contribution in [3.8, 4) is 0 Å². The molecule has 0 unspecified atom stereocenters. The first-order valence-corrected chi connectivity index (χ1v) is 5.36. The van der Waals surface area contributed by atoms with E-state index in [4.69, 9.17) is 5.11 Å². The number of carboxylic acids is 1. The average Bonchev–Trinajstić information content (AvgIpc) is 2.63. The molecule has 4 nitrogen and oxygen atoms in total. The smallest absolute Gasteiger partial charge is 0.389 e. The van der Waals surface area contributed by atoms with Crippen LogP contribution in [0.15, 0.2) is 0 Å². The first kappa shape index (κ1) is 13.8. The van der Waals surface area contributed by atoms with E-state index < -0.39 is 36.4 Å². The van der Waals surface area contributed by atoms with Crippen molar-refractivity contribution in [3.05, 3.63) is 0 Å². The van der Waals surface area contributed by atoms with Gasteiger partial charge in [-0.05, 0) is 12.8 Å². The summed E-state index contributed by atoms with van der Waals surface area (Å²) >= 11 is 0. The minimum Gasteiger partial charge on any atom is -0.480 e. The third kappa shape index (κ3) is 3.90. The molecule has 0 radical (unpaired) electrons. The van der Waals surface area contributed by atoms with Crippen LogP contribution in [0, 0.1) is 0 Å². The van der Waals surface area contributed by atoms with Gasteiger partial charge in [0.05, 0.1) is 6.42 Å². The Morgan fingerprint density at radius 3 is 2.18 bits per heavy atom. The summed E-state index contributed by atoms with van der Waals surface area (Å²) in [5.74, 6) is -2.03. The van der Waals surface area contributed by atoms with E-state index in [1.54, 1.807) is 0 Å². The van der Waals surface area contributed by atoms with E-state index in [-0.39, 0.29) is 12.8 Å². The summed E-state index contributed by atoms with van der Waals surface area (Å²) in [6, 6.07) is 0. The minimum absolute atomic E-state index is 0.278. The normalized spacial score (nSPS) is 19.0. The van der Waals surface area contributed by atoms with Crippen LogP contribution in [0.25, 0.3) is 0 Å². The van der Waals surface area contributed by atoms with Gasteiger partial charge >= 0.3 is 12.1 Å². The van der Waals surface area contributed by atoms with Gasteiger partial charge in [0.15, 0.2) is 0 Å². The number of hydrogen-bond donors (Lipinski definition) is 2. The fourth-order valence-electron chi connectivity index (χ4n) is 1.96. The number of amides is 1. The number of carbonyl (C=O) groups is 2. The lowest BCUT2D eigenvalue weighted by molar-refractivity contribution is -0.150. The van der Waals surface area contributed by atoms with Crippen LogP contribution >= 0.6 is 0 Å². The van der Waals surface area contributed by atoms with Gasteiger partial charge in [0.1, 0.15) is 5.54 Å². The fourth-order valence-corrected chi connectivity index (χ4v) is 1.96. The SMILES string of the molecule is O=C(CCC(F)(F)F)NC1(C(=O)O)CCCC1. The molecular weight excluding hydrogens is 239 g/mol. The maximum absolute atomic E-state index is 11.9. The van der Waals surface area contributed by atoms with Crippen molar-refractivity contribution in [1.29, 1.82) is 0 Å². The molecule has 17 heavy (non-hydrogen) atoms. The zero-order chi connectivity index (χ0) is 13.1. The molecule has 0 saturated heterocycles. The number of nitrogens with one attached hydrogen (secondary N) is 1. The van der Waals surface area contributed by atoms with Gasteiger partial charge in [-0.2, -0.15) is 13.2 Å². The van der Waals surface area contributed by atoms with Crippen LogP contribution in [0.5, 0.6) is 0 Å². The molecule has 1 saturated carbocycles. The van der Waals surface area contributed by atoms with Crippen molar-refractivity contribution in [3.63, 3.8) is 0 Å². The number of hydrogen-bond acceptors (Lipinski definition) is 2. The number of rotatable bonds is 4. The summed E-state index contributed by atoms with van der Waals surface area (Å²) in [5, 5.41) is 11.2. The minimum atomic E-state index is -4.40. The van der Waals surface area contributed by atoms with E-state index in [0.29, 0.717) is 12.8 Å². The number of halogens is 3. The Morgan fingerprint density at radius 1 is 1.24 bits per heavy atom. The average molecular weight is 253 g/mol. The molecule has 1 rings (SSSR count). The molecule has 0 bridgehead atoms. The van der Waals surface area contributed by atoms with Crippen LogP contribution in [0.1, 0.15) is 38.5 Å². The quantitative estimate of drug-likeness (QED) is 0.803. The molecule has 1 fully saturated rings. The Balaban J connectivity index is 2.51. The molecule has 98 valence electrons. The molecule has 0 aromatic carbocycles. The zero-order valence-corrected chi connectivity index (χ0v) is 9.14. The molecule has 1 aliphatic rings. The van der Waals surface area contributed by atoms with E-state index in [9.17, 15) is 22.8 Å². The molecule has 0 aromatic heterocycles. The van der Waals surface area contributed by atoms with Gasteiger partial charge in [-0.1, -0.05) is 12.8 Å². The van der Waals surface area contributed by atoms with Gasteiger partial charge in [0.2, 0.25) is 5.91 Å². The van der Waals surface area contributed by atoms with Gasteiger partial charge in [-0.3, -0.25) is 4.79 Å². The standard InChI is InChI=1S/C10H14F3NO3/c11-10(12,13)6-3-7(15)14-9(8(16)17)4-1-2-5-9/h1-6H2,(H,14,15)(H,16,17). The third-order valence-electron chi connectivity index (χ3n) is 2.88. The molecular formula is C10H14F3NO3. The molecule has 0 aromatic rings. The molecule has 0 aliphatic heterocycles. The lowest BCUT2D eigenvalue weighted by atomic mass is 9.97. The van der Waals surface area contributed by atoms with E-state index >= 15 is 0 Å². The van der Waals surface area contributed by atoms with Gasteiger partial charge in [0, 0.05) is 6.42 Å². The summed E-state index contributed by atoms with van der Waals surface area (Å²) in [6.45, 7) is 0. The van der Waals surface area contributed by atoms with E-state index in [1.807, 2.05) is 0 Å². The molecule has 0 heterocycles. The Morgan fingerprint density at radius 2 is 1.76 bits per heavy atom. The highest BCUT2D eigenvalue weighted by molar-refractivity contribution is 5.87. The summed E-state index contributed by atoms with van der Waals surface area (Å²) in [6.07, 6.45) is -4.48. The van der Waals surface area contributed by atoms with Crippen LogP contribution in [-0.2, 0) is 9.59 Å². The topological polar surface area (TPSA) is 66.4 Å². The molecule has 0 spiro atoms. The predicted octanol–water partition coefficient (Wildman–Crippen LogP) is 1.84. The van der Waals surface area contributed by atoms with Crippen molar-refractivity contribution in [2.45, 2.75) is 50.2 Å². The molecule has 1 aliphatic carbocycles. The number of carboxylic acid groups (broad SMARTS) is 1. The van der Waals surface area contributed by atoms with Crippen molar-refractivity contribution in [2.75, 3.05) is 0 Å². The highest BCUT2D eigenvalue weighted by atomic mass is 19.4. The monoisotopic (exact) mass is 253 g/mol.